The topological polar surface area (TPSA) is 44.8 Å². The summed E-state index contributed by atoms with van der Waals surface area (Å²) >= 11 is 0. The molecule has 3 atom stereocenters. The predicted octanol–water partition coefficient (Wildman–Crippen LogP) is 0.274. The molecule has 2 fully saturated rings. The van der Waals surface area contributed by atoms with Crippen LogP contribution in [0.3, 0.4) is 0 Å². The molecule has 2 heterocycles. The van der Waals surface area contributed by atoms with Crippen LogP contribution < -0.4 is 33.5 Å². The number of carbonyl (C=O) groups excluding carboxylic acids is 1. The van der Waals surface area contributed by atoms with Gasteiger partial charge in [-0.3, -0.25) is 0 Å². The van der Waals surface area contributed by atoms with Crippen LogP contribution in [0.25, 0.3) is 0 Å². The maximum absolute atomic E-state index is 12.6. The largest absolute Gasteiger partial charge is 1.00 e. The van der Waals surface area contributed by atoms with Crippen LogP contribution in [0.5, 0.6) is 11.5 Å². The van der Waals surface area contributed by atoms with Crippen LogP contribution in [0.4, 0.5) is 0 Å². The lowest BCUT2D eigenvalue weighted by Gasteiger charge is -2.51. The van der Waals surface area contributed by atoms with Gasteiger partial charge in [-0.1, -0.05) is 0 Å². The highest BCUT2D eigenvalue weighted by Crippen LogP contribution is 2.36. The van der Waals surface area contributed by atoms with Crippen molar-refractivity contribution < 1.29 is 47.5 Å². The molecule has 0 amide bonds. The van der Waals surface area contributed by atoms with Crippen molar-refractivity contribution in [2.75, 3.05) is 41.0 Å². The summed E-state index contributed by atoms with van der Waals surface area (Å²) in [6, 6.07) is 5.82. The zero-order chi connectivity index (χ0) is 17.9. The third-order valence-electron chi connectivity index (χ3n) is 6.06. The molecule has 0 radical (unpaired) electrons. The molecule has 0 saturated carbocycles. The molecule has 2 saturated heterocycles. The molecule has 0 aromatic heterocycles. The van der Waals surface area contributed by atoms with Gasteiger partial charge in [-0.2, -0.15) is 0 Å². The summed E-state index contributed by atoms with van der Waals surface area (Å²) in [7, 11) is 5.53. The van der Waals surface area contributed by atoms with Gasteiger partial charge >= 0.3 is 5.97 Å². The monoisotopic (exact) mass is 475 g/mol. The number of esters is 1. The minimum Gasteiger partial charge on any atom is -1.00 e. The van der Waals surface area contributed by atoms with Gasteiger partial charge in [-0.05, 0) is 37.8 Å². The average molecular weight is 475 g/mol. The molecular formula is C20H30INO4. The maximum atomic E-state index is 12.6. The van der Waals surface area contributed by atoms with Crippen LogP contribution >= 0.6 is 0 Å². The molecule has 146 valence electrons. The van der Waals surface area contributed by atoms with Crippen LogP contribution in [-0.2, 0) is 4.74 Å². The van der Waals surface area contributed by atoms with Gasteiger partial charge in [0, 0.05) is 18.4 Å². The van der Waals surface area contributed by atoms with E-state index in [0.717, 1.165) is 10.9 Å². The van der Waals surface area contributed by atoms with Crippen LogP contribution in [0.15, 0.2) is 18.2 Å². The van der Waals surface area contributed by atoms with E-state index in [2.05, 4.69) is 7.05 Å². The fourth-order valence-electron chi connectivity index (χ4n) is 4.66. The van der Waals surface area contributed by atoms with E-state index in [1.165, 1.54) is 38.8 Å². The second-order valence-electron chi connectivity index (χ2n) is 7.56. The smallest absolute Gasteiger partial charge is 0.341 e. The lowest BCUT2D eigenvalue weighted by molar-refractivity contribution is -0.947. The standard InChI is InChI=1S/C20H30NO4.HI/c1-21-11-5-4-8-18(21)15(7-6-12-21)14-25-20(22)17-10-9-16(23-2)13-19(17)24-3;/h9-10,13,15,18H,4-8,11-12,14H2,1-3H3;1H/q+1;/p-1/t15-,18+,21?;/m0./s1. The van der Waals surface area contributed by atoms with Crippen molar-refractivity contribution in [3.63, 3.8) is 0 Å². The summed E-state index contributed by atoms with van der Waals surface area (Å²) in [5.41, 5.74) is 0.458. The van der Waals surface area contributed by atoms with Crippen LogP contribution in [0, 0.1) is 5.92 Å². The van der Waals surface area contributed by atoms with Crippen molar-refractivity contribution in [1.29, 1.82) is 0 Å². The van der Waals surface area contributed by atoms with Crippen molar-refractivity contribution in [1.82, 2.24) is 0 Å². The first-order chi connectivity index (χ1) is 12.1. The van der Waals surface area contributed by atoms with Crippen LogP contribution in [-0.4, -0.2) is 57.5 Å². The lowest BCUT2D eigenvalue weighted by atomic mass is 9.82. The predicted molar refractivity (Wildman–Crippen MR) is 96.1 cm³/mol. The fourth-order valence-corrected chi connectivity index (χ4v) is 4.66. The van der Waals surface area contributed by atoms with E-state index in [1.54, 1.807) is 32.4 Å². The second kappa shape index (κ2) is 9.26. The molecule has 6 heteroatoms. The first-order valence-electron chi connectivity index (χ1n) is 9.31. The molecule has 1 aromatic rings. The molecular weight excluding hydrogens is 445 g/mol. The molecule has 2 aliphatic rings. The van der Waals surface area contributed by atoms with Crippen molar-refractivity contribution in [3.8, 4) is 11.5 Å². The van der Waals surface area contributed by atoms with Gasteiger partial charge in [0.2, 0.25) is 0 Å². The van der Waals surface area contributed by atoms with E-state index in [0.29, 0.717) is 35.6 Å². The second-order valence-corrected chi connectivity index (χ2v) is 7.56. The van der Waals surface area contributed by atoms with E-state index in [9.17, 15) is 4.79 Å². The van der Waals surface area contributed by atoms with Gasteiger partial charge in [0.05, 0.1) is 40.4 Å². The number of quaternary nitrogens is 1. The Morgan fingerprint density at radius 1 is 1.12 bits per heavy atom. The molecule has 0 spiro atoms. The highest BCUT2D eigenvalue weighted by atomic mass is 127. The van der Waals surface area contributed by atoms with Crippen molar-refractivity contribution in [3.05, 3.63) is 23.8 Å². The maximum Gasteiger partial charge on any atom is 0.341 e. The van der Waals surface area contributed by atoms with E-state index in [4.69, 9.17) is 14.2 Å². The summed E-state index contributed by atoms with van der Waals surface area (Å²) in [6.07, 6.45) is 6.26. The Morgan fingerprint density at radius 3 is 2.62 bits per heavy atom. The lowest BCUT2D eigenvalue weighted by Crippen LogP contribution is -3.00. The van der Waals surface area contributed by atoms with Gasteiger partial charge < -0.3 is 42.7 Å². The molecule has 26 heavy (non-hydrogen) atoms. The van der Waals surface area contributed by atoms with Gasteiger partial charge in [0.25, 0.3) is 0 Å². The molecule has 5 nitrogen and oxygen atoms in total. The summed E-state index contributed by atoms with van der Waals surface area (Å²) in [4.78, 5) is 12.6. The average Bonchev–Trinajstić information content (AvgIpc) is 2.64. The Hall–Kier alpha value is -1.02. The molecule has 3 rings (SSSR count). The number of nitrogens with zero attached hydrogens (tertiary/aromatic N) is 1. The number of halogens is 1. The summed E-state index contributed by atoms with van der Waals surface area (Å²) in [5, 5.41) is 0. The third kappa shape index (κ3) is 4.44. The minimum absolute atomic E-state index is 0. The molecule has 1 unspecified atom stereocenters. The van der Waals surface area contributed by atoms with Crippen LogP contribution in [0.2, 0.25) is 0 Å². The van der Waals surface area contributed by atoms with Crippen molar-refractivity contribution in [2.24, 2.45) is 5.92 Å². The van der Waals surface area contributed by atoms with Gasteiger partial charge in [-0.25, -0.2) is 4.79 Å². The Kier molecular flexibility index (Phi) is 7.58. The van der Waals surface area contributed by atoms with Gasteiger partial charge in [0.1, 0.15) is 23.7 Å². The van der Waals surface area contributed by atoms with E-state index >= 15 is 0 Å². The van der Waals surface area contributed by atoms with Gasteiger partial charge in [-0.15, -0.1) is 0 Å². The third-order valence-corrected chi connectivity index (χ3v) is 6.06. The Bertz CT molecular complexity index is 620. The van der Waals surface area contributed by atoms with E-state index < -0.39 is 0 Å². The highest BCUT2D eigenvalue weighted by molar-refractivity contribution is 5.92. The Labute approximate surface area is 173 Å². The summed E-state index contributed by atoms with van der Waals surface area (Å²) in [6.45, 7) is 3.04. The summed E-state index contributed by atoms with van der Waals surface area (Å²) in [5.74, 6) is 1.31. The number of hydrogen-bond donors (Lipinski definition) is 0. The normalized spacial score (nSPS) is 27.7. The first-order valence-corrected chi connectivity index (χ1v) is 9.31. The molecule has 1 aromatic carbocycles. The SMILES string of the molecule is COc1ccc(C(=O)OC[C@@H]2CCC[N+]3(C)CCCC[C@H]23)c(OC)c1.[I-]. The van der Waals surface area contributed by atoms with Gasteiger partial charge in [0.15, 0.2) is 0 Å². The number of hydrogen-bond acceptors (Lipinski definition) is 4. The quantitative estimate of drug-likeness (QED) is 0.349. The molecule has 0 aliphatic carbocycles. The number of fused-ring (bicyclic) bond motifs is 1. The molecule has 0 bridgehead atoms. The van der Waals surface area contributed by atoms with Crippen LogP contribution in [0.1, 0.15) is 42.5 Å². The first kappa shape index (κ1) is 21.3. The van der Waals surface area contributed by atoms with E-state index in [-0.39, 0.29) is 29.9 Å². The van der Waals surface area contributed by atoms with E-state index in [1.807, 2.05) is 0 Å². The number of ether oxygens (including phenoxy) is 3. The number of carbonyl (C=O) groups is 1. The molecule has 2 aliphatic heterocycles. The Balaban J connectivity index is 0.00000243. The fraction of sp³-hybridized carbons (Fsp3) is 0.650. The van der Waals surface area contributed by atoms with Crippen molar-refractivity contribution in [2.45, 2.75) is 38.1 Å². The van der Waals surface area contributed by atoms with Crippen molar-refractivity contribution >= 4 is 5.97 Å². The number of piperidine rings is 2. The zero-order valence-corrected chi connectivity index (χ0v) is 18.2. The summed E-state index contributed by atoms with van der Waals surface area (Å²) < 4.78 is 17.4. The number of benzene rings is 1. The molecule has 0 N–H and O–H groups in total. The number of methoxy groups -OCH3 is 2. The minimum atomic E-state index is -0.310. The highest BCUT2D eigenvalue weighted by Gasteiger charge is 2.43. The Morgan fingerprint density at radius 2 is 1.88 bits per heavy atom. The zero-order valence-electron chi connectivity index (χ0n) is 16.0. The number of rotatable bonds is 5.